The maximum Gasteiger partial charge on any atom is 0.150 e. The molecule has 11 heavy (non-hydrogen) atoms. The Bertz CT molecular complexity index is 180. The predicted octanol–water partition coefficient (Wildman–Crippen LogP) is 1.86. The van der Waals surface area contributed by atoms with Crippen LogP contribution >= 0.6 is 0 Å². The minimum atomic E-state index is -2.73. The van der Waals surface area contributed by atoms with E-state index in [-0.39, 0.29) is 0 Å². The average molecular weight is 178 g/mol. The van der Waals surface area contributed by atoms with Crippen LogP contribution in [0.4, 0.5) is 0 Å². The third-order valence-corrected chi connectivity index (χ3v) is 3.41. The van der Waals surface area contributed by atoms with Gasteiger partial charge in [0.25, 0.3) is 0 Å². The third kappa shape index (κ3) is 6.35. The molecule has 0 aromatic carbocycles. The van der Waals surface area contributed by atoms with Gasteiger partial charge >= 0.3 is 0 Å². The summed E-state index contributed by atoms with van der Waals surface area (Å²) in [4.78, 5) is 0. The third-order valence-electron chi connectivity index (χ3n) is 1.52. The summed E-state index contributed by atoms with van der Waals surface area (Å²) in [5.41, 5.74) is 0. The predicted molar refractivity (Wildman–Crippen MR) is 48.4 cm³/mol. The van der Waals surface area contributed by atoms with Gasteiger partial charge in [0.1, 0.15) is 9.84 Å². The van der Waals surface area contributed by atoms with Crippen LogP contribution in [0.2, 0.25) is 0 Å². The number of hydrogen-bond donors (Lipinski definition) is 0. The molecule has 0 radical (unpaired) electrons. The van der Waals surface area contributed by atoms with Crippen LogP contribution in [-0.4, -0.2) is 19.9 Å². The lowest BCUT2D eigenvalue weighted by atomic mass is 10.2. The summed E-state index contributed by atoms with van der Waals surface area (Å²) in [6.07, 6.45) is 1.53. The molecule has 0 saturated heterocycles. The van der Waals surface area contributed by atoms with Crippen LogP contribution in [0.15, 0.2) is 0 Å². The van der Waals surface area contributed by atoms with E-state index in [1.807, 2.05) is 20.8 Å². The molecule has 0 N–H and O–H groups in total. The van der Waals surface area contributed by atoms with Crippen molar-refractivity contribution in [1.29, 1.82) is 0 Å². The molecule has 0 aliphatic carbocycles. The minimum Gasteiger partial charge on any atom is -0.229 e. The molecule has 68 valence electrons. The van der Waals surface area contributed by atoms with Gasteiger partial charge in [0.15, 0.2) is 0 Å². The molecular weight excluding hydrogens is 160 g/mol. The molecule has 3 heteroatoms. The van der Waals surface area contributed by atoms with E-state index in [1.165, 1.54) is 0 Å². The summed E-state index contributed by atoms with van der Waals surface area (Å²) in [6.45, 7) is 5.98. The topological polar surface area (TPSA) is 34.1 Å². The summed E-state index contributed by atoms with van der Waals surface area (Å²) in [7, 11) is -2.73. The van der Waals surface area contributed by atoms with Gasteiger partial charge in [0.2, 0.25) is 0 Å². The SMILES string of the molecule is CCCS(=O)(=O)CCC(C)C. The van der Waals surface area contributed by atoms with Crippen LogP contribution < -0.4 is 0 Å². The average Bonchev–Trinajstić information content (AvgIpc) is 1.84. The lowest BCUT2D eigenvalue weighted by Gasteiger charge is -2.04. The van der Waals surface area contributed by atoms with Gasteiger partial charge in [-0.1, -0.05) is 20.8 Å². The Kier molecular flexibility index (Phi) is 4.73. The fourth-order valence-electron chi connectivity index (χ4n) is 0.828. The number of hydrogen-bond acceptors (Lipinski definition) is 2. The lowest BCUT2D eigenvalue weighted by molar-refractivity contribution is 0.572. The van der Waals surface area contributed by atoms with Crippen molar-refractivity contribution in [2.24, 2.45) is 5.92 Å². The van der Waals surface area contributed by atoms with E-state index in [1.54, 1.807) is 0 Å². The summed E-state index contributed by atoms with van der Waals surface area (Å²) >= 11 is 0. The van der Waals surface area contributed by atoms with E-state index >= 15 is 0 Å². The van der Waals surface area contributed by atoms with Crippen molar-refractivity contribution in [1.82, 2.24) is 0 Å². The molecule has 0 atom stereocenters. The maximum atomic E-state index is 11.1. The van der Waals surface area contributed by atoms with Gasteiger partial charge in [-0.15, -0.1) is 0 Å². The molecule has 0 aromatic heterocycles. The summed E-state index contributed by atoms with van der Waals surface area (Å²) < 4.78 is 22.3. The van der Waals surface area contributed by atoms with Crippen LogP contribution in [0, 0.1) is 5.92 Å². The molecule has 2 nitrogen and oxygen atoms in total. The molecule has 0 fully saturated rings. The van der Waals surface area contributed by atoms with Crippen molar-refractivity contribution in [3.63, 3.8) is 0 Å². The Morgan fingerprint density at radius 3 is 2.09 bits per heavy atom. The van der Waals surface area contributed by atoms with E-state index in [9.17, 15) is 8.42 Å². The molecule has 0 rings (SSSR count). The van der Waals surface area contributed by atoms with E-state index in [0.29, 0.717) is 17.4 Å². The van der Waals surface area contributed by atoms with Crippen molar-refractivity contribution < 1.29 is 8.42 Å². The highest BCUT2D eigenvalue weighted by atomic mass is 32.2. The molecule has 0 unspecified atom stereocenters. The molecule has 0 bridgehead atoms. The highest BCUT2D eigenvalue weighted by molar-refractivity contribution is 7.91. The van der Waals surface area contributed by atoms with Crippen LogP contribution in [0.25, 0.3) is 0 Å². The fourth-order valence-corrected chi connectivity index (χ4v) is 2.48. The highest BCUT2D eigenvalue weighted by Crippen LogP contribution is 2.04. The fraction of sp³-hybridized carbons (Fsp3) is 1.00. The monoisotopic (exact) mass is 178 g/mol. The first-order valence-corrected chi connectivity index (χ1v) is 6.00. The molecular formula is C8H18O2S. The second-order valence-electron chi connectivity index (χ2n) is 3.33. The maximum absolute atomic E-state index is 11.1. The van der Waals surface area contributed by atoms with Gasteiger partial charge in [-0.25, -0.2) is 8.42 Å². The van der Waals surface area contributed by atoms with Crippen molar-refractivity contribution >= 4 is 9.84 Å². The Hall–Kier alpha value is -0.0500. The van der Waals surface area contributed by atoms with Crippen molar-refractivity contribution in [2.45, 2.75) is 33.6 Å². The van der Waals surface area contributed by atoms with Gasteiger partial charge in [0.05, 0.1) is 5.75 Å². The van der Waals surface area contributed by atoms with Crippen molar-refractivity contribution in [3.05, 3.63) is 0 Å². The van der Waals surface area contributed by atoms with Gasteiger partial charge in [-0.2, -0.15) is 0 Å². The molecule has 0 amide bonds. The summed E-state index contributed by atoms with van der Waals surface area (Å²) in [5.74, 6) is 1.19. The molecule has 0 aliphatic rings. The van der Waals surface area contributed by atoms with Crippen LogP contribution in [-0.2, 0) is 9.84 Å². The van der Waals surface area contributed by atoms with Gasteiger partial charge in [0, 0.05) is 5.75 Å². The largest absolute Gasteiger partial charge is 0.229 e. The van der Waals surface area contributed by atoms with Gasteiger partial charge in [-0.05, 0) is 18.8 Å². The number of rotatable bonds is 5. The van der Waals surface area contributed by atoms with E-state index in [2.05, 4.69) is 0 Å². The van der Waals surface area contributed by atoms with Crippen molar-refractivity contribution in [2.75, 3.05) is 11.5 Å². The lowest BCUT2D eigenvalue weighted by Crippen LogP contribution is -2.11. The van der Waals surface area contributed by atoms with Gasteiger partial charge in [-0.3, -0.25) is 0 Å². The summed E-state index contributed by atoms with van der Waals surface area (Å²) in [5, 5.41) is 0. The highest BCUT2D eigenvalue weighted by Gasteiger charge is 2.09. The minimum absolute atomic E-state index is 0.347. The molecule has 0 saturated carbocycles. The second-order valence-corrected chi connectivity index (χ2v) is 5.64. The first-order chi connectivity index (χ1) is 4.98. The van der Waals surface area contributed by atoms with Gasteiger partial charge < -0.3 is 0 Å². The van der Waals surface area contributed by atoms with Crippen molar-refractivity contribution in [3.8, 4) is 0 Å². The first kappa shape index (κ1) is 11.0. The Morgan fingerprint density at radius 1 is 1.18 bits per heavy atom. The smallest absolute Gasteiger partial charge is 0.150 e. The zero-order valence-corrected chi connectivity index (χ0v) is 8.45. The second kappa shape index (κ2) is 4.75. The Morgan fingerprint density at radius 2 is 1.73 bits per heavy atom. The van der Waals surface area contributed by atoms with Crippen LogP contribution in [0.3, 0.4) is 0 Å². The van der Waals surface area contributed by atoms with E-state index in [4.69, 9.17) is 0 Å². The molecule has 0 heterocycles. The first-order valence-electron chi connectivity index (χ1n) is 4.18. The van der Waals surface area contributed by atoms with Crippen LogP contribution in [0.1, 0.15) is 33.6 Å². The van der Waals surface area contributed by atoms with Crippen LogP contribution in [0.5, 0.6) is 0 Å². The quantitative estimate of drug-likeness (QED) is 0.644. The Balaban J connectivity index is 3.74. The zero-order chi connectivity index (χ0) is 8.91. The normalized spacial score (nSPS) is 12.4. The van der Waals surface area contributed by atoms with E-state index in [0.717, 1.165) is 12.8 Å². The number of sulfone groups is 1. The summed E-state index contributed by atoms with van der Waals surface area (Å²) in [6, 6.07) is 0. The zero-order valence-electron chi connectivity index (χ0n) is 7.63. The van der Waals surface area contributed by atoms with E-state index < -0.39 is 9.84 Å². The Labute approximate surface area is 69.9 Å². The molecule has 0 aromatic rings. The standard InChI is InChI=1S/C8H18O2S/c1-4-6-11(9,10)7-5-8(2)3/h8H,4-7H2,1-3H3. The molecule has 0 aliphatic heterocycles. The molecule has 0 spiro atoms.